The smallest absolute Gasteiger partial charge is 0.292 e. The van der Waals surface area contributed by atoms with Gasteiger partial charge < -0.3 is 14.6 Å². The second kappa shape index (κ2) is 6.60. The summed E-state index contributed by atoms with van der Waals surface area (Å²) in [7, 11) is 3.99. The van der Waals surface area contributed by atoms with E-state index < -0.39 is 0 Å². The van der Waals surface area contributed by atoms with Crippen molar-refractivity contribution in [2.75, 3.05) is 24.3 Å². The van der Waals surface area contributed by atoms with Crippen molar-refractivity contribution >= 4 is 23.1 Å². The van der Waals surface area contributed by atoms with Gasteiger partial charge in [0.25, 0.3) is 5.91 Å². The second-order valence-corrected chi connectivity index (χ2v) is 6.42. The first kappa shape index (κ1) is 16.8. The van der Waals surface area contributed by atoms with Gasteiger partial charge in [-0.25, -0.2) is 4.98 Å². The van der Waals surface area contributed by atoms with E-state index in [1.165, 1.54) is 6.26 Å². The van der Waals surface area contributed by atoms with Gasteiger partial charge in [-0.1, -0.05) is 12.1 Å². The van der Waals surface area contributed by atoms with Crippen molar-refractivity contribution in [3.8, 4) is 11.3 Å². The molecule has 27 heavy (non-hydrogen) atoms. The number of amides is 1. The van der Waals surface area contributed by atoms with E-state index in [1.807, 2.05) is 54.7 Å². The van der Waals surface area contributed by atoms with Gasteiger partial charge in [0.05, 0.1) is 23.8 Å². The molecule has 4 rings (SSSR count). The molecule has 136 valence electrons. The lowest BCUT2D eigenvalue weighted by molar-refractivity contribution is 0.0996. The van der Waals surface area contributed by atoms with Crippen LogP contribution in [0.5, 0.6) is 0 Å². The molecule has 1 N–H and O–H groups in total. The summed E-state index contributed by atoms with van der Waals surface area (Å²) in [5.41, 5.74) is 4.23. The molecule has 0 radical (unpaired) electrons. The van der Waals surface area contributed by atoms with E-state index in [4.69, 9.17) is 4.42 Å². The Morgan fingerprint density at radius 2 is 2.07 bits per heavy atom. The first-order valence-electron chi connectivity index (χ1n) is 8.50. The summed E-state index contributed by atoms with van der Waals surface area (Å²) in [5, 5.41) is 2.88. The van der Waals surface area contributed by atoms with Crippen LogP contribution in [0.2, 0.25) is 0 Å². The van der Waals surface area contributed by atoms with E-state index in [-0.39, 0.29) is 11.7 Å². The molecule has 0 bridgehead atoms. The summed E-state index contributed by atoms with van der Waals surface area (Å²) >= 11 is 0. The fourth-order valence-electron chi connectivity index (χ4n) is 2.89. The predicted octanol–water partition coefficient (Wildman–Crippen LogP) is 3.62. The molecule has 1 aromatic carbocycles. The number of anilines is 2. The van der Waals surface area contributed by atoms with E-state index in [0.29, 0.717) is 17.2 Å². The molecule has 0 saturated carbocycles. The van der Waals surface area contributed by atoms with Gasteiger partial charge in [0.2, 0.25) is 0 Å². The Hall–Kier alpha value is -3.61. The first-order valence-corrected chi connectivity index (χ1v) is 8.50. The van der Waals surface area contributed by atoms with Crippen LogP contribution in [0.4, 0.5) is 11.5 Å². The molecular weight excluding hydrogens is 342 g/mol. The lowest BCUT2D eigenvalue weighted by Crippen LogP contribution is -2.13. The standard InChI is InChI=1S/C20H19N5O2/c1-13-19(23-20(26)17-8-5-9-27-17)25-12-16(21-11-18(25)22-13)14-6-4-7-15(10-14)24(2)3/h4-12H,1-3H3,(H,23,26). The number of nitrogens with zero attached hydrogens (tertiary/aromatic N) is 4. The number of rotatable bonds is 4. The number of fused-ring (bicyclic) bond motifs is 1. The van der Waals surface area contributed by atoms with Gasteiger partial charge in [0.1, 0.15) is 5.82 Å². The van der Waals surface area contributed by atoms with Crippen molar-refractivity contribution in [1.82, 2.24) is 14.4 Å². The third-order valence-electron chi connectivity index (χ3n) is 4.32. The predicted molar refractivity (Wildman–Crippen MR) is 104 cm³/mol. The minimum atomic E-state index is -0.321. The van der Waals surface area contributed by atoms with Crippen LogP contribution in [0.15, 0.2) is 59.5 Å². The first-order chi connectivity index (χ1) is 13.0. The van der Waals surface area contributed by atoms with Crippen LogP contribution in [0.1, 0.15) is 16.2 Å². The monoisotopic (exact) mass is 361 g/mol. The summed E-state index contributed by atoms with van der Waals surface area (Å²) in [6.07, 6.45) is 5.05. The summed E-state index contributed by atoms with van der Waals surface area (Å²) in [4.78, 5) is 23.4. The van der Waals surface area contributed by atoms with Crippen LogP contribution in [0, 0.1) is 6.92 Å². The lowest BCUT2D eigenvalue weighted by atomic mass is 10.1. The van der Waals surface area contributed by atoms with Crippen molar-refractivity contribution in [2.45, 2.75) is 6.92 Å². The second-order valence-electron chi connectivity index (χ2n) is 6.42. The zero-order chi connectivity index (χ0) is 19.0. The molecule has 7 heteroatoms. The molecule has 0 aliphatic carbocycles. The van der Waals surface area contributed by atoms with E-state index in [1.54, 1.807) is 18.3 Å². The Morgan fingerprint density at radius 3 is 2.81 bits per heavy atom. The number of hydrogen-bond acceptors (Lipinski definition) is 5. The quantitative estimate of drug-likeness (QED) is 0.601. The summed E-state index contributed by atoms with van der Waals surface area (Å²) in [5.74, 6) is 0.522. The third-order valence-corrected chi connectivity index (χ3v) is 4.32. The lowest BCUT2D eigenvalue weighted by Gasteiger charge is -2.13. The van der Waals surface area contributed by atoms with Crippen LogP contribution in [0.25, 0.3) is 16.9 Å². The zero-order valence-corrected chi connectivity index (χ0v) is 15.3. The minimum Gasteiger partial charge on any atom is -0.459 e. The molecule has 0 atom stereocenters. The molecule has 0 aliphatic rings. The molecule has 3 heterocycles. The molecule has 4 aromatic rings. The molecule has 7 nitrogen and oxygen atoms in total. The fourth-order valence-corrected chi connectivity index (χ4v) is 2.89. The highest BCUT2D eigenvalue weighted by Gasteiger charge is 2.16. The number of carbonyl (C=O) groups excluding carboxylic acids is 1. The van der Waals surface area contributed by atoms with Gasteiger partial charge in [-0.2, -0.15) is 0 Å². The van der Waals surface area contributed by atoms with Gasteiger partial charge in [-0.3, -0.25) is 14.2 Å². The Labute approximate surface area is 156 Å². The van der Waals surface area contributed by atoms with E-state index in [0.717, 1.165) is 16.9 Å². The molecule has 0 unspecified atom stereocenters. The summed E-state index contributed by atoms with van der Waals surface area (Å²) in [6.45, 7) is 1.84. The molecule has 1 amide bonds. The molecule has 0 aliphatic heterocycles. The number of aryl methyl sites for hydroxylation is 1. The van der Waals surface area contributed by atoms with Crippen molar-refractivity contribution < 1.29 is 9.21 Å². The third kappa shape index (κ3) is 3.15. The molecule has 0 saturated heterocycles. The van der Waals surface area contributed by atoms with Crippen molar-refractivity contribution in [1.29, 1.82) is 0 Å². The maximum Gasteiger partial charge on any atom is 0.292 e. The molecular formula is C20H19N5O2. The van der Waals surface area contributed by atoms with Crippen LogP contribution in [0.3, 0.4) is 0 Å². The van der Waals surface area contributed by atoms with Gasteiger partial charge in [-0.15, -0.1) is 0 Å². The number of benzene rings is 1. The average Bonchev–Trinajstić information content (AvgIpc) is 3.30. The largest absolute Gasteiger partial charge is 0.459 e. The Balaban J connectivity index is 1.75. The number of furan rings is 1. The van der Waals surface area contributed by atoms with E-state index >= 15 is 0 Å². The van der Waals surface area contributed by atoms with Gasteiger partial charge in [0, 0.05) is 31.5 Å². The van der Waals surface area contributed by atoms with Gasteiger partial charge in [-0.05, 0) is 31.2 Å². The number of imidazole rings is 1. The number of carbonyl (C=O) groups is 1. The molecule has 0 spiro atoms. The van der Waals surface area contributed by atoms with Crippen LogP contribution >= 0.6 is 0 Å². The van der Waals surface area contributed by atoms with Crippen LogP contribution in [-0.4, -0.2) is 34.4 Å². The van der Waals surface area contributed by atoms with E-state index in [2.05, 4.69) is 21.4 Å². The SMILES string of the molecule is Cc1nc2cnc(-c3cccc(N(C)C)c3)cn2c1NC(=O)c1ccco1. The normalized spacial score (nSPS) is 10.9. The highest BCUT2D eigenvalue weighted by molar-refractivity contribution is 6.02. The molecule has 3 aromatic heterocycles. The fraction of sp³-hybridized carbons (Fsp3) is 0.150. The van der Waals surface area contributed by atoms with Crippen LogP contribution < -0.4 is 10.2 Å². The average molecular weight is 361 g/mol. The van der Waals surface area contributed by atoms with Gasteiger partial charge >= 0.3 is 0 Å². The highest BCUT2D eigenvalue weighted by atomic mass is 16.3. The van der Waals surface area contributed by atoms with Crippen molar-refractivity contribution in [3.05, 3.63) is 66.5 Å². The highest BCUT2D eigenvalue weighted by Crippen LogP contribution is 2.25. The molecule has 0 fully saturated rings. The summed E-state index contributed by atoms with van der Waals surface area (Å²) < 4.78 is 7.00. The maximum absolute atomic E-state index is 12.4. The minimum absolute atomic E-state index is 0.248. The number of aromatic nitrogens is 3. The topological polar surface area (TPSA) is 75.7 Å². The van der Waals surface area contributed by atoms with Gasteiger partial charge in [0.15, 0.2) is 11.4 Å². The van der Waals surface area contributed by atoms with Crippen molar-refractivity contribution in [2.24, 2.45) is 0 Å². The number of nitrogens with one attached hydrogen (secondary N) is 1. The summed E-state index contributed by atoms with van der Waals surface area (Å²) in [6, 6.07) is 11.4. The Bertz CT molecular complexity index is 1110. The zero-order valence-electron chi connectivity index (χ0n) is 15.3. The van der Waals surface area contributed by atoms with Crippen LogP contribution in [-0.2, 0) is 0 Å². The van der Waals surface area contributed by atoms with E-state index in [9.17, 15) is 4.79 Å². The Morgan fingerprint density at radius 1 is 1.22 bits per heavy atom. The maximum atomic E-state index is 12.4. The Kier molecular flexibility index (Phi) is 4.12. The van der Waals surface area contributed by atoms with Crippen molar-refractivity contribution in [3.63, 3.8) is 0 Å². The number of hydrogen-bond donors (Lipinski definition) is 1.